The van der Waals surface area contributed by atoms with Crippen molar-refractivity contribution in [1.82, 2.24) is 0 Å². The molecule has 7 heteroatoms. The lowest BCUT2D eigenvalue weighted by molar-refractivity contribution is 0.0695. The monoisotopic (exact) mass is 374 g/mol. The van der Waals surface area contributed by atoms with Crippen molar-refractivity contribution in [3.8, 4) is 0 Å². The summed E-state index contributed by atoms with van der Waals surface area (Å²) in [5, 5.41) is 9.00. The van der Waals surface area contributed by atoms with Crippen LogP contribution in [0.15, 0.2) is 45.8 Å². The van der Waals surface area contributed by atoms with Gasteiger partial charge in [-0.15, -0.1) is 0 Å². The molecular formula is C14H9BrF2O3S. The number of rotatable bonds is 4. The van der Waals surface area contributed by atoms with E-state index in [1.165, 1.54) is 18.2 Å². The minimum atomic E-state index is -1.68. The minimum absolute atomic E-state index is 0.0203. The van der Waals surface area contributed by atoms with Gasteiger partial charge in [-0.25, -0.2) is 13.6 Å². The van der Waals surface area contributed by atoms with Crippen molar-refractivity contribution >= 4 is 32.7 Å². The van der Waals surface area contributed by atoms with Crippen LogP contribution in [0.1, 0.15) is 15.9 Å². The van der Waals surface area contributed by atoms with Crippen LogP contribution in [0.5, 0.6) is 0 Å². The molecule has 0 amide bonds. The Labute approximate surface area is 130 Å². The first-order chi connectivity index (χ1) is 9.88. The zero-order valence-corrected chi connectivity index (χ0v) is 12.9. The molecular weight excluding hydrogens is 366 g/mol. The van der Waals surface area contributed by atoms with Gasteiger partial charge in [0.15, 0.2) is 0 Å². The lowest BCUT2D eigenvalue weighted by Gasteiger charge is -2.06. The summed E-state index contributed by atoms with van der Waals surface area (Å²) in [4.78, 5) is 11.3. The predicted octanol–water partition coefficient (Wildman–Crippen LogP) is 3.73. The summed E-state index contributed by atoms with van der Waals surface area (Å²) in [6.45, 7) is 0. The molecule has 0 saturated heterocycles. The number of hydrogen-bond acceptors (Lipinski definition) is 2. The van der Waals surface area contributed by atoms with E-state index in [9.17, 15) is 17.8 Å². The number of carbonyl (C=O) groups is 1. The van der Waals surface area contributed by atoms with E-state index in [1.807, 2.05) is 0 Å². The Bertz CT molecular complexity index is 734. The Kier molecular flexibility index (Phi) is 4.84. The number of aromatic carboxylic acids is 1. The van der Waals surface area contributed by atoms with Crippen molar-refractivity contribution in [2.75, 3.05) is 0 Å². The maximum atomic E-state index is 13.5. The molecule has 0 fully saturated rings. The summed E-state index contributed by atoms with van der Waals surface area (Å²) in [6.07, 6.45) is 0. The number of benzene rings is 2. The average molecular weight is 375 g/mol. The van der Waals surface area contributed by atoms with E-state index in [0.29, 0.717) is 4.47 Å². The second kappa shape index (κ2) is 6.44. The molecule has 21 heavy (non-hydrogen) atoms. The summed E-state index contributed by atoms with van der Waals surface area (Å²) < 4.78 is 39.1. The van der Waals surface area contributed by atoms with Gasteiger partial charge in [0.1, 0.15) is 11.6 Å². The second-order valence-corrected chi connectivity index (χ2v) is 6.48. The molecule has 2 aromatic rings. The molecule has 0 aromatic heterocycles. The Balaban J connectivity index is 2.30. The van der Waals surface area contributed by atoms with Gasteiger partial charge >= 0.3 is 5.97 Å². The van der Waals surface area contributed by atoms with Gasteiger partial charge < -0.3 is 5.11 Å². The molecule has 2 rings (SSSR count). The van der Waals surface area contributed by atoms with E-state index in [-0.39, 0.29) is 21.8 Å². The van der Waals surface area contributed by atoms with Gasteiger partial charge in [-0.3, -0.25) is 4.21 Å². The van der Waals surface area contributed by atoms with E-state index in [2.05, 4.69) is 15.9 Å². The van der Waals surface area contributed by atoms with Crippen molar-refractivity contribution in [3.63, 3.8) is 0 Å². The first kappa shape index (κ1) is 15.8. The standard InChI is InChI=1S/C14H9BrF2O3S/c15-12-3-2-10(6-11(12)14(18)19)21(20)7-8-5-9(16)1-4-13(8)17/h1-6H,7H2,(H,18,19). The van der Waals surface area contributed by atoms with Gasteiger partial charge in [0, 0.05) is 14.9 Å². The van der Waals surface area contributed by atoms with Crippen LogP contribution in [-0.2, 0) is 16.6 Å². The molecule has 1 atom stereocenters. The molecule has 0 radical (unpaired) electrons. The van der Waals surface area contributed by atoms with Crippen LogP contribution < -0.4 is 0 Å². The van der Waals surface area contributed by atoms with E-state index < -0.39 is 28.4 Å². The largest absolute Gasteiger partial charge is 0.478 e. The topological polar surface area (TPSA) is 54.4 Å². The molecule has 0 spiro atoms. The third kappa shape index (κ3) is 3.74. The maximum Gasteiger partial charge on any atom is 0.336 e. The van der Waals surface area contributed by atoms with Gasteiger partial charge in [-0.1, -0.05) is 0 Å². The van der Waals surface area contributed by atoms with Crippen molar-refractivity contribution in [1.29, 1.82) is 0 Å². The molecule has 2 aromatic carbocycles. The Hall–Kier alpha value is -1.60. The van der Waals surface area contributed by atoms with Crippen LogP contribution in [0, 0.1) is 11.6 Å². The fourth-order valence-corrected chi connectivity index (χ4v) is 3.24. The SMILES string of the molecule is O=C(O)c1cc(S(=O)Cc2cc(F)ccc2F)ccc1Br. The van der Waals surface area contributed by atoms with Crippen LogP contribution in [0.25, 0.3) is 0 Å². The molecule has 0 aliphatic heterocycles. The first-order valence-corrected chi connectivity index (χ1v) is 7.85. The molecule has 0 aliphatic rings. The summed E-state index contributed by atoms with van der Waals surface area (Å²) in [5.74, 6) is -2.67. The minimum Gasteiger partial charge on any atom is -0.478 e. The zero-order valence-electron chi connectivity index (χ0n) is 10.5. The van der Waals surface area contributed by atoms with Crippen molar-refractivity contribution in [2.24, 2.45) is 0 Å². The summed E-state index contributed by atoms with van der Waals surface area (Å²) in [5.41, 5.74) is -0.0614. The highest BCUT2D eigenvalue weighted by Crippen LogP contribution is 2.22. The van der Waals surface area contributed by atoms with E-state index in [1.54, 1.807) is 0 Å². The van der Waals surface area contributed by atoms with Crippen LogP contribution in [0.3, 0.4) is 0 Å². The molecule has 0 aliphatic carbocycles. The van der Waals surface area contributed by atoms with Gasteiger partial charge in [0.05, 0.1) is 22.1 Å². The molecule has 0 bridgehead atoms. The highest BCUT2D eigenvalue weighted by molar-refractivity contribution is 9.10. The Morgan fingerprint density at radius 1 is 1.19 bits per heavy atom. The van der Waals surface area contributed by atoms with Gasteiger partial charge in [0.25, 0.3) is 0 Å². The Morgan fingerprint density at radius 2 is 1.90 bits per heavy atom. The molecule has 1 N–H and O–H groups in total. The smallest absolute Gasteiger partial charge is 0.336 e. The number of carboxylic acid groups (broad SMARTS) is 1. The van der Waals surface area contributed by atoms with Crippen LogP contribution >= 0.6 is 15.9 Å². The third-order valence-corrected chi connectivity index (χ3v) is 4.77. The quantitative estimate of drug-likeness (QED) is 0.886. The third-order valence-electron chi connectivity index (χ3n) is 2.73. The number of halogens is 3. The van der Waals surface area contributed by atoms with Crippen molar-refractivity contribution in [2.45, 2.75) is 10.6 Å². The molecule has 0 heterocycles. The highest BCUT2D eigenvalue weighted by Gasteiger charge is 2.14. The lowest BCUT2D eigenvalue weighted by atomic mass is 10.2. The normalized spacial score (nSPS) is 12.1. The summed E-state index contributed by atoms with van der Waals surface area (Å²) in [7, 11) is -1.68. The first-order valence-electron chi connectivity index (χ1n) is 5.73. The lowest BCUT2D eigenvalue weighted by Crippen LogP contribution is -2.03. The van der Waals surface area contributed by atoms with E-state index in [0.717, 1.165) is 18.2 Å². The molecule has 110 valence electrons. The van der Waals surface area contributed by atoms with Crippen LogP contribution in [0.4, 0.5) is 8.78 Å². The molecule has 0 saturated carbocycles. The van der Waals surface area contributed by atoms with Crippen molar-refractivity contribution in [3.05, 3.63) is 63.6 Å². The van der Waals surface area contributed by atoms with Crippen molar-refractivity contribution < 1.29 is 22.9 Å². The van der Waals surface area contributed by atoms with Crippen LogP contribution in [0.2, 0.25) is 0 Å². The fraction of sp³-hybridized carbons (Fsp3) is 0.0714. The number of hydrogen-bond donors (Lipinski definition) is 1. The summed E-state index contributed by atoms with van der Waals surface area (Å²) >= 11 is 3.08. The average Bonchev–Trinajstić information content (AvgIpc) is 2.43. The summed E-state index contributed by atoms with van der Waals surface area (Å²) in [6, 6.07) is 7.10. The van der Waals surface area contributed by atoms with Gasteiger partial charge in [-0.2, -0.15) is 0 Å². The Morgan fingerprint density at radius 3 is 2.57 bits per heavy atom. The molecule has 3 nitrogen and oxygen atoms in total. The maximum absolute atomic E-state index is 13.5. The van der Waals surface area contributed by atoms with Crippen LogP contribution in [-0.4, -0.2) is 15.3 Å². The highest BCUT2D eigenvalue weighted by atomic mass is 79.9. The number of carboxylic acids is 1. The van der Waals surface area contributed by atoms with Gasteiger partial charge in [0.2, 0.25) is 0 Å². The fourth-order valence-electron chi connectivity index (χ4n) is 1.69. The van der Waals surface area contributed by atoms with E-state index in [4.69, 9.17) is 5.11 Å². The predicted molar refractivity (Wildman–Crippen MR) is 77.6 cm³/mol. The molecule has 1 unspecified atom stereocenters. The van der Waals surface area contributed by atoms with Gasteiger partial charge in [-0.05, 0) is 52.3 Å². The second-order valence-electron chi connectivity index (χ2n) is 4.17. The zero-order chi connectivity index (χ0) is 15.6. The van der Waals surface area contributed by atoms with E-state index >= 15 is 0 Å².